The maximum atomic E-state index is 15.2. The maximum Gasteiger partial charge on any atom is 0.268 e. The number of nitrogens with zero attached hydrogens (tertiary/aromatic N) is 3. The van der Waals surface area contributed by atoms with E-state index < -0.39 is 15.8 Å². The zero-order valence-corrected chi connectivity index (χ0v) is 20.3. The van der Waals surface area contributed by atoms with Gasteiger partial charge in [-0.05, 0) is 55.5 Å². The molecule has 0 saturated heterocycles. The molecule has 0 N–H and O–H groups in total. The summed E-state index contributed by atoms with van der Waals surface area (Å²) in [6.07, 6.45) is 4.52. The van der Waals surface area contributed by atoms with Gasteiger partial charge in [0.1, 0.15) is 11.6 Å². The Kier molecular flexibility index (Phi) is 5.78. The van der Waals surface area contributed by atoms with Crippen LogP contribution in [0.15, 0.2) is 84.1 Å². The Bertz CT molecular complexity index is 1680. The lowest BCUT2D eigenvalue weighted by atomic mass is 10.00. The molecule has 0 fully saturated rings. The van der Waals surface area contributed by atoms with E-state index in [1.165, 1.54) is 47.9 Å². The number of halogens is 2. The van der Waals surface area contributed by atoms with Crippen molar-refractivity contribution in [3.63, 3.8) is 0 Å². The fraction of sp³-hybridized carbons (Fsp3) is 0.0769. The largest absolute Gasteiger partial charge is 0.494 e. The van der Waals surface area contributed by atoms with E-state index in [1.54, 1.807) is 42.5 Å². The molecule has 0 atom stereocenters. The first-order valence-electron chi connectivity index (χ1n) is 10.6. The van der Waals surface area contributed by atoms with Crippen molar-refractivity contribution in [2.24, 2.45) is 0 Å². The van der Waals surface area contributed by atoms with Crippen molar-refractivity contribution < 1.29 is 17.5 Å². The van der Waals surface area contributed by atoms with Crippen LogP contribution in [0.1, 0.15) is 5.56 Å². The Morgan fingerprint density at radius 3 is 2.51 bits per heavy atom. The number of hydrogen-bond donors (Lipinski definition) is 0. The minimum atomic E-state index is -4.15. The van der Waals surface area contributed by atoms with Crippen LogP contribution in [0.2, 0.25) is 5.02 Å². The van der Waals surface area contributed by atoms with Crippen LogP contribution in [0.5, 0.6) is 5.75 Å². The average Bonchev–Trinajstić information content (AvgIpc) is 3.21. The summed E-state index contributed by atoms with van der Waals surface area (Å²) in [6, 6.07) is 15.6. The molecule has 6 nitrogen and oxygen atoms in total. The average molecular weight is 508 g/mol. The van der Waals surface area contributed by atoms with Crippen molar-refractivity contribution in [2.45, 2.75) is 11.8 Å². The van der Waals surface area contributed by atoms with Gasteiger partial charge in [0.25, 0.3) is 10.0 Å². The van der Waals surface area contributed by atoms with E-state index in [2.05, 4.69) is 9.97 Å². The van der Waals surface area contributed by atoms with Crippen LogP contribution in [-0.4, -0.2) is 29.5 Å². The van der Waals surface area contributed by atoms with Crippen LogP contribution in [-0.2, 0) is 10.0 Å². The van der Waals surface area contributed by atoms with Gasteiger partial charge in [-0.25, -0.2) is 16.8 Å². The molecule has 3 heterocycles. The predicted molar refractivity (Wildman–Crippen MR) is 134 cm³/mol. The van der Waals surface area contributed by atoms with Crippen molar-refractivity contribution in [3.8, 4) is 28.1 Å². The first-order valence-corrected chi connectivity index (χ1v) is 12.4. The molecular formula is C26H19ClFN3O3S. The lowest BCUT2D eigenvalue weighted by molar-refractivity contribution is 0.414. The van der Waals surface area contributed by atoms with E-state index >= 15 is 4.39 Å². The number of fused-ring (bicyclic) bond motifs is 1. The molecule has 0 radical (unpaired) electrons. The normalized spacial score (nSPS) is 11.7. The standard InChI is InChI=1S/C26H19ClFN3O3S/c1-16-5-8-18(9-6-16)35(32,33)31-22-4-3-12-30-25(22)24(20-14-17(27)7-10-21(20)28)26(31)19-11-13-29-15-23(19)34-2/h3-15H,1-2H3. The highest BCUT2D eigenvalue weighted by molar-refractivity contribution is 7.90. The molecule has 0 aliphatic heterocycles. The van der Waals surface area contributed by atoms with E-state index in [9.17, 15) is 8.42 Å². The smallest absolute Gasteiger partial charge is 0.268 e. The highest BCUT2D eigenvalue weighted by Gasteiger charge is 2.31. The van der Waals surface area contributed by atoms with Gasteiger partial charge in [-0.1, -0.05) is 29.3 Å². The second-order valence-corrected chi connectivity index (χ2v) is 10.1. The third-order valence-corrected chi connectivity index (χ3v) is 7.66. The minimum absolute atomic E-state index is 0.0799. The first-order chi connectivity index (χ1) is 16.8. The Labute approximate surface area is 206 Å². The van der Waals surface area contributed by atoms with Crippen molar-refractivity contribution >= 4 is 32.7 Å². The topological polar surface area (TPSA) is 74.1 Å². The van der Waals surface area contributed by atoms with Crippen LogP contribution in [0, 0.1) is 12.7 Å². The number of aryl methyl sites for hydroxylation is 1. The summed E-state index contributed by atoms with van der Waals surface area (Å²) in [6.45, 7) is 1.87. The number of pyridine rings is 2. The Balaban J connectivity index is 2.00. The molecule has 0 aliphatic carbocycles. The zero-order chi connectivity index (χ0) is 24.7. The summed E-state index contributed by atoms with van der Waals surface area (Å²) in [5.41, 5.74) is 2.51. The third kappa shape index (κ3) is 3.84. The van der Waals surface area contributed by atoms with E-state index in [1.807, 2.05) is 6.92 Å². The molecule has 3 aromatic heterocycles. The molecule has 35 heavy (non-hydrogen) atoms. The van der Waals surface area contributed by atoms with Gasteiger partial charge in [0, 0.05) is 34.1 Å². The van der Waals surface area contributed by atoms with Gasteiger partial charge in [0.05, 0.1) is 34.9 Å². The highest BCUT2D eigenvalue weighted by Crippen LogP contribution is 2.45. The van der Waals surface area contributed by atoms with Crippen molar-refractivity contribution in [1.82, 2.24) is 13.9 Å². The molecule has 5 aromatic rings. The van der Waals surface area contributed by atoms with Crippen molar-refractivity contribution in [2.75, 3.05) is 7.11 Å². The highest BCUT2D eigenvalue weighted by atomic mass is 35.5. The summed E-state index contributed by atoms with van der Waals surface area (Å²) in [5.74, 6) is -0.250. The fourth-order valence-electron chi connectivity index (χ4n) is 4.08. The molecule has 176 valence electrons. The molecular weight excluding hydrogens is 489 g/mol. The van der Waals surface area contributed by atoms with E-state index in [0.29, 0.717) is 21.9 Å². The Hall–Kier alpha value is -3.75. The van der Waals surface area contributed by atoms with Gasteiger partial charge in [0.2, 0.25) is 0 Å². The van der Waals surface area contributed by atoms with Gasteiger partial charge in [-0.3, -0.25) is 9.97 Å². The number of aromatic nitrogens is 3. The Morgan fingerprint density at radius 2 is 1.77 bits per heavy atom. The summed E-state index contributed by atoms with van der Waals surface area (Å²) in [4.78, 5) is 8.64. The van der Waals surface area contributed by atoms with Crippen LogP contribution in [0.3, 0.4) is 0 Å². The molecule has 0 bridgehead atoms. The van der Waals surface area contributed by atoms with Crippen molar-refractivity contribution in [3.05, 3.63) is 95.7 Å². The molecule has 5 rings (SSSR count). The summed E-state index contributed by atoms with van der Waals surface area (Å²) in [7, 11) is -2.69. The Morgan fingerprint density at radius 1 is 1.00 bits per heavy atom. The quantitative estimate of drug-likeness (QED) is 0.287. The lowest BCUT2D eigenvalue weighted by Gasteiger charge is -2.16. The van der Waals surface area contributed by atoms with Crippen LogP contribution in [0.25, 0.3) is 33.4 Å². The SMILES string of the molecule is COc1cnccc1-c1c(-c2cc(Cl)ccc2F)c2ncccc2n1S(=O)(=O)c1ccc(C)cc1. The number of benzene rings is 2. The van der Waals surface area contributed by atoms with Gasteiger partial charge < -0.3 is 4.74 Å². The lowest BCUT2D eigenvalue weighted by Crippen LogP contribution is -2.14. The predicted octanol–water partition coefficient (Wildman–Crippen LogP) is 6.11. The number of hydrogen-bond acceptors (Lipinski definition) is 5. The van der Waals surface area contributed by atoms with E-state index in [4.69, 9.17) is 16.3 Å². The zero-order valence-electron chi connectivity index (χ0n) is 18.7. The molecule has 0 spiro atoms. The van der Waals surface area contributed by atoms with Gasteiger partial charge in [0.15, 0.2) is 0 Å². The molecule has 0 saturated carbocycles. The van der Waals surface area contributed by atoms with Crippen LogP contribution < -0.4 is 4.74 Å². The number of methoxy groups -OCH3 is 1. The van der Waals surface area contributed by atoms with Crippen LogP contribution in [0.4, 0.5) is 4.39 Å². The second-order valence-electron chi connectivity index (χ2n) is 7.88. The summed E-state index contributed by atoms with van der Waals surface area (Å²) < 4.78 is 50.2. The van der Waals surface area contributed by atoms with Gasteiger partial charge in [-0.15, -0.1) is 0 Å². The minimum Gasteiger partial charge on any atom is -0.494 e. The third-order valence-electron chi connectivity index (χ3n) is 5.70. The summed E-state index contributed by atoms with van der Waals surface area (Å²) in [5, 5.41) is 0.298. The van der Waals surface area contributed by atoms with Crippen LogP contribution >= 0.6 is 11.6 Å². The van der Waals surface area contributed by atoms with Gasteiger partial charge >= 0.3 is 0 Å². The molecule has 0 amide bonds. The maximum absolute atomic E-state index is 15.2. The molecule has 0 aliphatic rings. The monoisotopic (exact) mass is 507 g/mol. The molecule has 0 unspecified atom stereocenters. The van der Waals surface area contributed by atoms with E-state index in [-0.39, 0.29) is 27.2 Å². The second kappa shape index (κ2) is 8.79. The fourth-order valence-corrected chi connectivity index (χ4v) is 5.78. The number of rotatable bonds is 5. The molecule has 9 heteroatoms. The van der Waals surface area contributed by atoms with Crippen molar-refractivity contribution in [1.29, 1.82) is 0 Å². The molecule has 2 aromatic carbocycles. The summed E-state index contributed by atoms with van der Waals surface area (Å²) >= 11 is 6.24. The number of ether oxygens (including phenoxy) is 1. The van der Waals surface area contributed by atoms with Gasteiger partial charge in [-0.2, -0.15) is 0 Å². The van der Waals surface area contributed by atoms with E-state index in [0.717, 1.165) is 5.56 Å². The first kappa shape index (κ1) is 23.0.